The molecule has 1 saturated heterocycles. The molecule has 1 amide bonds. The van der Waals surface area contributed by atoms with Gasteiger partial charge in [0.2, 0.25) is 11.8 Å². The molecule has 1 N–H and O–H groups in total. The molecule has 174 valence electrons. The number of ether oxygens (including phenoxy) is 2. The molecule has 6 nitrogen and oxygen atoms in total. The van der Waals surface area contributed by atoms with Gasteiger partial charge in [0.1, 0.15) is 5.82 Å². The number of hydrogen-bond acceptors (Lipinski definition) is 4. The molecule has 33 heavy (non-hydrogen) atoms. The fraction of sp³-hybridized carbons (Fsp3) is 0.360. The Hall–Kier alpha value is -3.26. The summed E-state index contributed by atoms with van der Waals surface area (Å²) < 4.78 is 40.8. The molecule has 0 aliphatic carbocycles. The van der Waals surface area contributed by atoms with Gasteiger partial charge in [0.25, 0.3) is 0 Å². The first-order valence-electron chi connectivity index (χ1n) is 11.1. The van der Waals surface area contributed by atoms with Gasteiger partial charge in [-0.1, -0.05) is 12.1 Å². The third-order valence-corrected chi connectivity index (χ3v) is 5.64. The largest absolute Gasteiger partial charge is 0.436 e. The molecule has 1 aromatic heterocycles. The smallest absolute Gasteiger partial charge is 0.226 e. The van der Waals surface area contributed by atoms with E-state index >= 15 is 0 Å². The lowest BCUT2D eigenvalue weighted by Gasteiger charge is -2.13. The predicted molar refractivity (Wildman–Crippen MR) is 120 cm³/mol. The van der Waals surface area contributed by atoms with Crippen LogP contribution in [0.3, 0.4) is 0 Å². The minimum Gasteiger partial charge on any atom is -0.436 e. The Morgan fingerprint density at radius 2 is 2.09 bits per heavy atom. The Labute approximate surface area is 191 Å². The molecular formula is C25H27F2N3O3. The number of amides is 1. The van der Waals surface area contributed by atoms with Crippen molar-refractivity contribution in [1.82, 2.24) is 15.1 Å². The van der Waals surface area contributed by atoms with Crippen molar-refractivity contribution in [3.8, 4) is 17.3 Å². The van der Waals surface area contributed by atoms with Crippen LogP contribution in [0.25, 0.3) is 5.69 Å². The van der Waals surface area contributed by atoms with Crippen LogP contribution < -0.4 is 10.1 Å². The van der Waals surface area contributed by atoms with Crippen molar-refractivity contribution in [3.63, 3.8) is 0 Å². The summed E-state index contributed by atoms with van der Waals surface area (Å²) in [7, 11) is 0. The summed E-state index contributed by atoms with van der Waals surface area (Å²) in [6.45, 7) is 5.00. The van der Waals surface area contributed by atoms with E-state index in [1.165, 1.54) is 6.07 Å². The van der Waals surface area contributed by atoms with Gasteiger partial charge in [0, 0.05) is 31.2 Å². The normalized spacial score (nSPS) is 15.6. The zero-order valence-corrected chi connectivity index (χ0v) is 18.7. The molecule has 8 heteroatoms. The number of hydrogen-bond donors (Lipinski definition) is 1. The SMILES string of the molecule is Cc1cccc(-n2nc(C)c(CCC(=O)NC[C@@H]3CCCO3)c2Oc2ccc(F)cc2F)c1. The summed E-state index contributed by atoms with van der Waals surface area (Å²) in [4.78, 5) is 12.4. The van der Waals surface area contributed by atoms with Gasteiger partial charge < -0.3 is 14.8 Å². The second-order valence-electron chi connectivity index (χ2n) is 8.24. The third kappa shape index (κ3) is 5.57. The number of nitrogens with one attached hydrogen (secondary N) is 1. The van der Waals surface area contributed by atoms with E-state index in [0.29, 0.717) is 30.1 Å². The number of nitrogens with zero attached hydrogens (tertiary/aromatic N) is 2. The van der Waals surface area contributed by atoms with Gasteiger partial charge in [-0.15, -0.1) is 0 Å². The summed E-state index contributed by atoms with van der Waals surface area (Å²) in [5, 5.41) is 7.51. The van der Waals surface area contributed by atoms with Crippen molar-refractivity contribution in [2.45, 2.75) is 45.6 Å². The lowest BCUT2D eigenvalue weighted by atomic mass is 10.1. The number of aromatic nitrogens is 2. The minimum atomic E-state index is -0.815. The number of benzene rings is 2. The van der Waals surface area contributed by atoms with Gasteiger partial charge in [-0.3, -0.25) is 4.79 Å². The van der Waals surface area contributed by atoms with E-state index in [-0.39, 0.29) is 24.2 Å². The predicted octanol–water partition coefficient (Wildman–Crippen LogP) is 4.79. The molecule has 4 rings (SSSR count). The van der Waals surface area contributed by atoms with Crippen LogP contribution in [0.4, 0.5) is 8.78 Å². The van der Waals surface area contributed by atoms with Gasteiger partial charge >= 0.3 is 0 Å². The van der Waals surface area contributed by atoms with Gasteiger partial charge in [-0.05, 0) is 62.9 Å². The Kier molecular flexibility index (Phi) is 7.03. The van der Waals surface area contributed by atoms with Crippen molar-refractivity contribution in [1.29, 1.82) is 0 Å². The van der Waals surface area contributed by atoms with Gasteiger partial charge in [0.15, 0.2) is 11.6 Å². The van der Waals surface area contributed by atoms with Crippen LogP contribution in [0.5, 0.6) is 11.6 Å². The van der Waals surface area contributed by atoms with Crippen molar-refractivity contribution in [3.05, 3.63) is 70.9 Å². The van der Waals surface area contributed by atoms with E-state index in [4.69, 9.17) is 9.47 Å². The number of carbonyl (C=O) groups is 1. The fourth-order valence-corrected chi connectivity index (χ4v) is 3.89. The van der Waals surface area contributed by atoms with Gasteiger partial charge in [-0.2, -0.15) is 5.10 Å². The monoisotopic (exact) mass is 455 g/mol. The minimum absolute atomic E-state index is 0.0695. The zero-order valence-electron chi connectivity index (χ0n) is 18.7. The van der Waals surface area contributed by atoms with Crippen LogP contribution in [0.1, 0.15) is 36.1 Å². The average molecular weight is 456 g/mol. The molecule has 0 spiro atoms. The maximum Gasteiger partial charge on any atom is 0.226 e. The second-order valence-corrected chi connectivity index (χ2v) is 8.24. The molecule has 1 atom stereocenters. The van der Waals surface area contributed by atoms with Gasteiger partial charge in [-0.25, -0.2) is 13.5 Å². The Morgan fingerprint density at radius 1 is 1.24 bits per heavy atom. The number of carbonyl (C=O) groups excluding carboxylic acids is 1. The molecule has 0 unspecified atom stereocenters. The number of halogens is 2. The molecule has 2 aromatic carbocycles. The maximum atomic E-state index is 14.4. The topological polar surface area (TPSA) is 65.4 Å². The van der Waals surface area contributed by atoms with Crippen LogP contribution in [-0.2, 0) is 16.0 Å². The number of rotatable bonds is 8. The Balaban J connectivity index is 1.59. The third-order valence-electron chi connectivity index (χ3n) is 5.64. The number of aryl methyl sites for hydroxylation is 2. The van der Waals surface area contributed by atoms with E-state index in [1.807, 2.05) is 38.1 Å². The Morgan fingerprint density at radius 3 is 2.82 bits per heavy atom. The van der Waals surface area contributed by atoms with Crippen LogP contribution >= 0.6 is 0 Å². The summed E-state index contributed by atoms with van der Waals surface area (Å²) in [5.74, 6) is -1.42. The zero-order chi connectivity index (χ0) is 23.4. The summed E-state index contributed by atoms with van der Waals surface area (Å²) in [6, 6.07) is 10.8. The van der Waals surface area contributed by atoms with Crippen LogP contribution in [0, 0.1) is 25.5 Å². The molecular weight excluding hydrogens is 428 g/mol. The van der Waals surface area contributed by atoms with E-state index in [1.54, 1.807) is 4.68 Å². The van der Waals surface area contributed by atoms with Crippen LogP contribution in [0.2, 0.25) is 0 Å². The summed E-state index contributed by atoms with van der Waals surface area (Å²) in [6.07, 6.45) is 2.60. The summed E-state index contributed by atoms with van der Waals surface area (Å²) >= 11 is 0. The van der Waals surface area contributed by atoms with E-state index in [9.17, 15) is 13.6 Å². The van der Waals surface area contributed by atoms with Gasteiger partial charge in [0.05, 0.1) is 17.5 Å². The lowest BCUT2D eigenvalue weighted by Crippen LogP contribution is -2.31. The lowest BCUT2D eigenvalue weighted by molar-refractivity contribution is -0.121. The highest BCUT2D eigenvalue weighted by Gasteiger charge is 2.22. The van der Waals surface area contributed by atoms with Crippen LogP contribution in [-0.4, -0.2) is 34.9 Å². The van der Waals surface area contributed by atoms with Crippen molar-refractivity contribution < 1.29 is 23.0 Å². The highest BCUT2D eigenvalue weighted by atomic mass is 19.1. The second kappa shape index (κ2) is 10.1. The Bertz CT molecular complexity index is 1140. The van der Waals surface area contributed by atoms with Crippen molar-refractivity contribution in [2.75, 3.05) is 13.2 Å². The molecule has 0 bridgehead atoms. The first-order chi connectivity index (χ1) is 15.9. The van der Waals surface area contributed by atoms with E-state index in [2.05, 4.69) is 10.4 Å². The summed E-state index contributed by atoms with van der Waals surface area (Å²) in [5.41, 5.74) is 3.12. The molecule has 0 saturated carbocycles. The first kappa shape index (κ1) is 22.9. The standard InChI is InChI=1S/C25H27F2N3O3/c1-16-5-3-6-19(13-16)30-25(33-23-10-8-18(26)14-22(23)27)21(17(2)29-30)9-11-24(31)28-15-20-7-4-12-32-20/h3,5-6,8,10,13-14,20H,4,7,9,11-12,15H2,1-2H3,(H,28,31)/t20-/m0/s1. The van der Waals surface area contributed by atoms with Crippen molar-refractivity contribution >= 4 is 5.91 Å². The highest BCUT2D eigenvalue weighted by Crippen LogP contribution is 2.33. The quantitative estimate of drug-likeness (QED) is 0.531. The molecule has 1 fully saturated rings. The van der Waals surface area contributed by atoms with E-state index < -0.39 is 11.6 Å². The molecule has 1 aliphatic heterocycles. The highest BCUT2D eigenvalue weighted by molar-refractivity contribution is 5.76. The first-order valence-corrected chi connectivity index (χ1v) is 11.1. The molecule has 0 radical (unpaired) electrons. The van der Waals surface area contributed by atoms with Crippen molar-refractivity contribution in [2.24, 2.45) is 0 Å². The molecule has 2 heterocycles. The van der Waals surface area contributed by atoms with E-state index in [0.717, 1.165) is 42.8 Å². The van der Waals surface area contributed by atoms with Crippen LogP contribution in [0.15, 0.2) is 42.5 Å². The molecule has 3 aromatic rings. The maximum absolute atomic E-state index is 14.4. The fourth-order valence-electron chi connectivity index (χ4n) is 3.89. The molecule has 1 aliphatic rings. The average Bonchev–Trinajstić information content (AvgIpc) is 3.41.